The molecule has 0 atom stereocenters. The fraction of sp³-hybridized carbons (Fsp3) is 0.154. The smallest absolute Gasteiger partial charge is 0.260 e. The van der Waals surface area contributed by atoms with Gasteiger partial charge in [0, 0.05) is 6.07 Å². The molecule has 1 aromatic carbocycles. The van der Waals surface area contributed by atoms with Gasteiger partial charge in [-0.1, -0.05) is 34.8 Å². The average Bonchev–Trinajstić information content (AvgIpc) is 2.50. The molecule has 0 radical (unpaired) electrons. The van der Waals surface area contributed by atoms with E-state index < -0.39 is 5.91 Å². The third-order valence-corrected chi connectivity index (χ3v) is 3.63. The van der Waals surface area contributed by atoms with E-state index >= 15 is 0 Å². The summed E-state index contributed by atoms with van der Waals surface area (Å²) in [5.74, 6) is 0.137. The zero-order valence-corrected chi connectivity index (χ0v) is 13.8. The molecule has 2 aromatic rings. The Hall–Kier alpha value is -1.76. The second-order valence-electron chi connectivity index (χ2n) is 3.98. The number of carbonyl (C=O) groups excluding carboxylic acids is 1. The van der Waals surface area contributed by atoms with Gasteiger partial charge in [-0.15, -0.1) is 10.2 Å². The number of benzene rings is 1. The largest absolute Gasteiger partial charge is 0.495 e. The van der Waals surface area contributed by atoms with Crippen molar-refractivity contribution in [3.63, 3.8) is 0 Å². The number of ether oxygens (including phenoxy) is 2. The van der Waals surface area contributed by atoms with Crippen LogP contribution in [0.3, 0.4) is 0 Å². The molecular weight excluding hydrogens is 353 g/mol. The molecule has 0 spiro atoms. The summed E-state index contributed by atoms with van der Waals surface area (Å²) in [7, 11) is 2.84. The molecule has 0 fully saturated rings. The van der Waals surface area contributed by atoms with E-state index in [4.69, 9.17) is 44.3 Å². The number of methoxy groups -OCH3 is 2. The normalized spacial score (nSPS) is 10.2. The highest BCUT2D eigenvalue weighted by Gasteiger charge is 2.23. The predicted octanol–water partition coefficient (Wildman–Crippen LogP) is 3.71. The summed E-state index contributed by atoms with van der Waals surface area (Å²) in [6.45, 7) is 0. The van der Waals surface area contributed by atoms with Crippen molar-refractivity contribution in [2.24, 2.45) is 0 Å². The Kier molecular flexibility index (Phi) is 5.28. The lowest BCUT2D eigenvalue weighted by Crippen LogP contribution is -2.15. The minimum Gasteiger partial charge on any atom is -0.495 e. The molecule has 9 heteroatoms. The van der Waals surface area contributed by atoms with Crippen LogP contribution in [0.2, 0.25) is 15.2 Å². The van der Waals surface area contributed by atoms with Crippen molar-refractivity contribution < 1.29 is 14.3 Å². The van der Waals surface area contributed by atoms with Gasteiger partial charge in [0.1, 0.15) is 11.5 Å². The third kappa shape index (κ3) is 3.35. The lowest BCUT2D eigenvalue weighted by Gasteiger charge is -2.14. The van der Waals surface area contributed by atoms with Gasteiger partial charge in [0.2, 0.25) is 0 Å². The number of amides is 1. The summed E-state index contributed by atoms with van der Waals surface area (Å²) in [4.78, 5) is 12.4. The molecule has 1 amide bonds. The third-order valence-electron chi connectivity index (χ3n) is 2.67. The Morgan fingerprint density at radius 3 is 2.09 bits per heavy atom. The summed E-state index contributed by atoms with van der Waals surface area (Å²) in [6, 6.07) is 4.47. The number of rotatable bonds is 4. The standard InChI is InChI=1S/C13H10Cl3N3O3/c1-21-6-5-7(22-2)12(16)10(11(6)15)13(20)17-9-4-3-8(14)18-19-9/h3-5H,1-2H3,(H,17,19,20). The first-order valence-electron chi connectivity index (χ1n) is 5.88. The quantitative estimate of drug-likeness (QED) is 0.897. The zero-order chi connectivity index (χ0) is 16.3. The minimum absolute atomic E-state index is 0.0104. The summed E-state index contributed by atoms with van der Waals surface area (Å²) in [6.07, 6.45) is 0. The van der Waals surface area contributed by atoms with Crippen LogP contribution in [0.15, 0.2) is 18.2 Å². The van der Waals surface area contributed by atoms with Crippen LogP contribution in [0.1, 0.15) is 10.4 Å². The van der Waals surface area contributed by atoms with Crippen LogP contribution in [0.4, 0.5) is 5.82 Å². The van der Waals surface area contributed by atoms with Crippen LogP contribution in [-0.2, 0) is 0 Å². The molecule has 22 heavy (non-hydrogen) atoms. The first-order valence-corrected chi connectivity index (χ1v) is 7.01. The molecule has 2 rings (SSSR count). The van der Waals surface area contributed by atoms with E-state index in [1.165, 1.54) is 32.4 Å². The van der Waals surface area contributed by atoms with E-state index in [1.807, 2.05) is 0 Å². The molecule has 0 aliphatic carbocycles. The van der Waals surface area contributed by atoms with Crippen molar-refractivity contribution in [3.8, 4) is 11.5 Å². The lowest BCUT2D eigenvalue weighted by molar-refractivity contribution is 0.102. The monoisotopic (exact) mass is 361 g/mol. The van der Waals surface area contributed by atoms with Crippen LogP contribution in [-0.4, -0.2) is 30.3 Å². The van der Waals surface area contributed by atoms with Gasteiger partial charge in [0.15, 0.2) is 11.0 Å². The Morgan fingerprint density at radius 1 is 1.05 bits per heavy atom. The number of hydrogen-bond donors (Lipinski definition) is 1. The maximum Gasteiger partial charge on any atom is 0.260 e. The molecule has 116 valence electrons. The van der Waals surface area contributed by atoms with Crippen molar-refractivity contribution in [2.75, 3.05) is 19.5 Å². The van der Waals surface area contributed by atoms with Crippen LogP contribution < -0.4 is 14.8 Å². The fourth-order valence-electron chi connectivity index (χ4n) is 1.65. The van der Waals surface area contributed by atoms with Crippen LogP contribution >= 0.6 is 34.8 Å². The van der Waals surface area contributed by atoms with Gasteiger partial charge in [-0.05, 0) is 12.1 Å². The zero-order valence-electron chi connectivity index (χ0n) is 11.5. The highest BCUT2D eigenvalue weighted by atomic mass is 35.5. The average molecular weight is 363 g/mol. The molecule has 6 nitrogen and oxygen atoms in total. The molecule has 0 bridgehead atoms. The number of halogens is 3. The highest BCUT2D eigenvalue weighted by molar-refractivity contribution is 6.42. The molecule has 0 unspecified atom stereocenters. The second-order valence-corrected chi connectivity index (χ2v) is 5.12. The van der Waals surface area contributed by atoms with E-state index in [2.05, 4.69) is 15.5 Å². The number of nitrogens with zero attached hydrogens (tertiary/aromatic N) is 2. The van der Waals surface area contributed by atoms with E-state index in [0.29, 0.717) is 0 Å². The SMILES string of the molecule is COc1cc(OC)c(Cl)c(C(=O)Nc2ccc(Cl)nn2)c1Cl. The van der Waals surface area contributed by atoms with Crippen LogP contribution in [0.25, 0.3) is 0 Å². The van der Waals surface area contributed by atoms with Gasteiger partial charge in [0.05, 0.1) is 29.8 Å². The van der Waals surface area contributed by atoms with Crippen molar-refractivity contribution in [1.29, 1.82) is 0 Å². The molecule has 1 heterocycles. The van der Waals surface area contributed by atoms with Gasteiger partial charge >= 0.3 is 0 Å². The second kappa shape index (κ2) is 7.00. The van der Waals surface area contributed by atoms with E-state index in [1.54, 1.807) is 0 Å². The molecule has 1 N–H and O–H groups in total. The molecule has 0 aliphatic rings. The number of aromatic nitrogens is 2. The molecule has 0 saturated carbocycles. The van der Waals surface area contributed by atoms with E-state index in [9.17, 15) is 4.79 Å². The molecule has 1 aromatic heterocycles. The van der Waals surface area contributed by atoms with Crippen molar-refractivity contribution in [1.82, 2.24) is 10.2 Å². The van der Waals surface area contributed by atoms with E-state index in [-0.39, 0.29) is 38.1 Å². The van der Waals surface area contributed by atoms with Crippen LogP contribution in [0.5, 0.6) is 11.5 Å². The molecular formula is C13H10Cl3N3O3. The maximum atomic E-state index is 12.4. The summed E-state index contributed by atoms with van der Waals surface area (Å²) in [5, 5.41) is 10.2. The number of carbonyl (C=O) groups is 1. The van der Waals surface area contributed by atoms with Crippen molar-refractivity contribution >= 4 is 46.5 Å². The van der Waals surface area contributed by atoms with Gasteiger partial charge < -0.3 is 14.8 Å². The first-order chi connectivity index (χ1) is 10.5. The molecule has 0 aliphatic heterocycles. The summed E-state index contributed by atoms with van der Waals surface area (Å²) in [5.41, 5.74) is 0.0104. The summed E-state index contributed by atoms with van der Waals surface area (Å²) < 4.78 is 10.2. The van der Waals surface area contributed by atoms with Crippen molar-refractivity contribution in [3.05, 3.63) is 39.0 Å². The Bertz CT molecular complexity index is 680. The Balaban J connectivity index is 2.42. The van der Waals surface area contributed by atoms with Gasteiger partial charge in [-0.25, -0.2) is 0 Å². The van der Waals surface area contributed by atoms with Gasteiger partial charge in [-0.2, -0.15) is 0 Å². The Morgan fingerprint density at radius 2 is 1.64 bits per heavy atom. The number of hydrogen-bond acceptors (Lipinski definition) is 5. The predicted molar refractivity (Wildman–Crippen MR) is 84.6 cm³/mol. The summed E-state index contributed by atoms with van der Waals surface area (Å²) >= 11 is 17.9. The first kappa shape index (κ1) is 16.6. The fourth-order valence-corrected chi connectivity index (χ4v) is 2.42. The van der Waals surface area contributed by atoms with Crippen molar-refractivity contribution in [2.45, 2.75) is 0 Å². The number of nitrogens with one attached hydrogen (secondary N) is 1. The maximum absolute atomic E-state index is 12.4. The van der Waals surface area contributed by atoms with E-state index in [0.717, 1.165) is 0 Å². The molecule has 0 saturated heterocycles. The Labute approximate surface area is 141 Å². The minimum atomic E-state index is -0.580. The number of anilines is 1. The topological polar surface area (TPSA) is 73.3 Å². The lowest BCUT2D eigenvalue weighted by atomic mass is 10.1. The van der Waals surface area contributed by atoms with Gasteiger partial charge in [0.25, 0.3) is 5.91 Å². The van der Waals surface area contributed by atoms with Gasteiger partial charge in [-0.3, -0.25) is 4.79 Å². The highest BCUT2D eigenvalue weighted by Crippen LogP contribution is 2.40. The van der Waals surface area contributed by atoms with Crippen LogP contribution in [0, 0.1) is 0 Å².